The number of β-amino-alcohol motifs (C(OH)–C–C–N with tert-alkyl or cyclic N) is 1. The summed E-state index contributed by atoms with van der Waals surface area (Å²) >= 11 is 11.7. The third kappa shape index (κ3) is 4.79. The second kappa shape index (κ2) is 8.05. The van der Waals surface area contributed by atoms with Crippen molar-refractivity contribution in [1.29, 1.82) is 0 Å². The summed E-state index contributed by atoms with van der Waals surface area (Å²) in [6.07, 6.45) is -0.127. The Morgan fingerprint density at radius 1 is 1.35 bits per heavy atom. The maximum absolute atomic E-state index is 11.8. The summed E-state index contributed by atoms with van der Waals surface area (Å²) < 4.78 is 0. The predicted octanol–water partition coefficient (Wildman–Crippen LogP) is 1.65. The Morgan fingerprint density at radius 2 is 2.10 bits per heavy atom. The highest BCUT2D eigenvalue weighted by Gasteiger charge is 2.24. The van der Waals surface area contributed by atoms with Gasteiger partial charge in [0.15, 0.2) is 0 Å². The highest BCUT2D eigenvalue weighted by molar-refractivity contribution is 6.42. The van der Waals surface area contributed by atoms with E-state index in [4.69, 9.17) is 23.2 Å². The van der Waals surface area contributed by atoms with Crippen LogP contribution < -0.4 is 10.6 Å². The number of hydrogen-bond acceptors (Lipinski definition) is 3. The van der Waals surface area contributed by atoms with E-state index in [0.29, 0.717) is 23.1 Å². The van der Waals surface area contributed by atoms with E-state index >= 15 is 0 Å². The molecule has 0 saturated carbocycles. The Kier molecular flexibility index (Phi) is 7.06. The lowest BCUT2D eigenvalue weighted by molar-refractivity contribution is -0.120. The van der Waals surface area contributed by atoms with Gasteiger partial charge in [-0.25, -0.2) is 0 Å². The quantitative estimate of drug-likeness (QED) is 0.782. The van der Waals surface area contributed by atoms with Crippen molar-refractivity contribution in [1.82, 2.24) is 10.6 Å². The molecule has 2 atom stereocenters. The van der Waals surface area contributed by atoms with Crippen molar-refractivity contribution in [3.05, 3.63) is 33.8 Å². The van der Waals surface area contributed by atoms with E-state index in [1.54, 1.807) is 18.2 Å². The van der Waals surface area contributed by atoms with Gasteiger partial charge in [-0.1, -0.05) is 29.3 Å². The van der Waals surface area contributed by atoms with Crippen molar-refractivity contribution in [3.63, 3.8) is 0 Å². The van der Waals surface area contributed by atoms with Crippen LogP contribution in [0.3, 0.4) is 0 Å². The van der Waals surface area contributed by atoms with Gasteiger partial charge in [-0.3, -0.25) is 4.79 Å². The molecule has 1 aromatic carbocycles. The van der Waals surface area contributed by atoms with Crippen LogP contribution in [0.15, 0.2) is 18.2 Å². The van der Waals surface area contributed by atoms with Crippen molar-refractivity contribution in [2.45, 2.75) is 12.5 Å². The largest absolute Gasteiger partial charge is 0.391 e. The normalized spacial score (nSPS) is 21.4. The number of aliphatic hydroxyl groups is 1. The highest BCUT2D eigenvalue weighted by Crippen LogP contribution is 2.22. The second-order valence-electron chi connectivity index (χ2n) is 4.71. The molecular weight excluding hydrogens is 323 g/mol. The van der Waals surface area contributed by atoms with Crippen molar-refractivity contribution in [2.75, 3.05) is 19.6 Å². The van der Waals surface area contributed by atoms with Gasteiger partial charge in [0.05, 0.1) is 22.6 Å². The summed E-state index contributed by atoms with van der Waals surface area (Å²) in [5.41, 5.74) is 0.817. The number of carbonyl (C=O) groups is 1. The molecule has 1 heterocycles. The Bertz CT molecular complexity index is 471. The second-order valence-corrected chi connectivity index (χ2v) is 5.53. The van der Waals surface area contributed by atoms with Crippen LogP contribution in [0, 0.1) is 5.92 Å². The van der Waals surface area contributed by atoms with E-state index in [9.17, 15) is 9.90 Å². The molecule has 3 N–H and O–H groups in total. The molecule has 1 saturated heterocycles. The first-order chi connectivity index (χ1) is 9.06. The Balaban J connectivity index is 0.00000200. The molecule has 1 aliphatic rings. The lowest BCUT2D eigenvalue weighted by Gasteiger charge is -2.14. The van der Waals surface area contributed by atoms with Crippen molar-refractivity contribution in [2.24, 2.45) is 5.92 Å². The van der Waals surface area contributed by atoms with Gasteiger partial charge in [-0.15, -0.1) is 12.4 Å². The molecule has 1 amide bonds. The molecule has 7 heteroatoms. The zero-order chi connectivity index (χ0) is 13.8. The van der Waals surface area contributed by atoms with E-state index in [0.717, 1.165) is 12.1 Å². The molecule has 0 aliphatic carbocycles. The molecule has 0 radical (unpaired) electrons. The number of halogens is 3. The zero-order valence-corrected chi connectivity index (χ0v) is 13.1. The fraction of sp³-hybridized carbons (Fsp3) is 0.462. The molecule has 0 spiro atoms. The number of aliphatic hydroxyl groups excluding tert-OH is 1. The SMILES string of the molecule is Cl.O=C(Cc1ccc(Cl)c(Cl)c1)NCC1CNCC1O. The van der Waals surface area contributed by atoms with Crippen molar-refractivity contribution >= 4 is 41.5 Å². The third-order valence-electron chi connectivity index (χ3n) is 3.21. The summed E-state index contributed by atoms with van der Waals surface area (Å²) in [6.45, 7) is 1.80. The third-order valence-corrected chi connectivity index (χ3v) is 3.95. The lowest BCUT2D eigenvalue weighted by atomic mass is 10.1. The van der Waals surface area contributed by atoms with Gasteiger partial charge in [0.1, 0.15) is 0 Å². The lowest BCUT2D eigenvalue weighted by Crippen LogP contribution is -2.35. The molecule has 1 aromatic rings. The summed E-state index contributed by atoms with van der Waals surface area (Å²) in [6, 6.07) is 5.15. The van der Waals surface area contributed by atoms with E-state index in [2.05, 4.69) is 10.6 Å². The van der Waals surface area contributed by atoms with Crippen LogP contribution in [0.2, 0.25) is 10.0 Å². The molecule has 4 nitrogen and oxygen atoms in total. The summed E-state index contributed by atoms with van der Waals surface area (Å²) in [5.74, 6) is -0.00440. The van der Waals surface area contributed by atoms with Crippen molar-refractivity contribution < 1.29 is 9.90 Å². The van der Waals surface area contributed by atoms with E-state index < -0.39 is 0 Å². The minimum Gasteiger partial charge on any atom is -0.391 e. The minimum atomic E-state index is -0.384. The summed E-state index contributed by atoms with van der Waals surface area (Å²) in [5, 5.41) is 16.4. The van der Waals surface area contributed by atoms with Gasteiger partial charge >= 0.3 is 0 Å². The Labute approximate surface area is 134 Å². The molecule has 2 rings (SSSR count). The maximum atomic E-state index is 11.8. The summed E-state index contributed by atoms with van der Waals surface area (Å²) in [7, 11) is 0. The molecular formula is C13H17Cl3N2O2. The average molecular weight is 340 g/mol. The van der Waals surface area contributed by atoms with Gasteiger partial charge in [0, 0.05) is 25.6 Å². The van der Waals surface area contributed by atoms with E-state index in [-0.39, 0.29) is 36.8 Å². The van der Waals surface area contributed by atoms with E-state index in [1.807, 2.05) is 0 Å². The summed E-state index contributed by atoms with van der Waals surface area (Å²) in [4.78, 5) is 11.8. The zero-order valence-electron chi connectivity index (χ0n) is 10.7. The van der Waals surface area contributed by atoms with Crippen LogP contribution in [0.1, 0.15) is 5.56 Å². The number of rotatable bonds is 4. The van der Waals surface area contributed by atoms with Crippen LogP contribution in [0.4, 0.5) is 0 Å². The molecule has 0 aromatic heterocycles. The first-order valence-electron chi connectivity index (χ1n) is 6.15. The standard InChI is InChI=1S/C13H16Cl2N2O2.ClH/c14-10-2-1-8(3-11(10)15)4-13(19)17-6-9-5-16-7-12(9)18;/h1-3,9,12,16,18H,4-7H2,(H,17,19);1H. The fourth-order valence-electron chi connectivity index (χ4n) is 2.07. The molecule has 1 aliphatic heterocycles. The topological polar surface area (TPSA) is 61.4 Å². The first-order valence-corrected chi connectivity index (χ1v) is 6.91. The highest BCUT2D eigenvalue weighted by atomic mass is 35.5. The van der Waals surface area contributed by atoms with Crippen LogP contribution >= 0.6 is 35.6 Å². The van der Waals surface area contributed by atoms with Gasteiger partial charge in [0.2, 0.25) is 5.91 Å². The number of carbonyl (C=O) groups excluding carboxylic acids is 1. The predicted molar refractivity (Wildman–Crippen MR) is 82.8 cm³/mol. The molecule has 20 heavy (non-hydrogen) atoms. The minimum absolute atomic E-state index is 0. The van der Waals surface area contributed by atoms with Gasteiger partial charge in [-0.2, -0.15) is 0 Å². The Hall–Kier alpha value is -0.520. The Morgan fingerprint density at radius 3 is 2.70 bits per heavy atom. The van der Waals surface area contributed by atoms with Crippen LogP contribution in [-0.2, 0) is 11.2 Å². The number of hydrogen-bond donors (Lipinski definition) is 3. The average Bonchev–Trinajstić information content (AvgIpc) is 2.77. The molecule has 112 valence electrons. The number of nitrogens with one attached hydrogen (secondary N) is 2. The fourth-order valence-corrected chi connectivity index (χ4v) is 2.39. The van der Waals surface area contributed by atoms with Gasteiger partial charge in [-0.05, 0) is 17.7 Å². The monoisotopic (exact) mass is 338 g/mol. The maximum Gasteiger partial charge on any atom is 0.224 e. The van der Waals surface area contributed by atoms with Gasteiger partial charge < -0.3 is 15.7 Å². The number of amides is 1. The van der Waals surface area contributed by atoms with E-state index in [1.165, 1.54) is 0 Å². The molecule has 1 fully saturated rings. The molecule has 2 unspecified atom stereocenters. The number of benzene rings is 1. The van der Waals surface area contributed by atoms with Crippen molar-refractivity contribution in [3.8, 4) is 0 Å². The smallest absolute Gasteiger partial charge is 0.224 e. The van der Waals surface area contributed by atoms with Crippen LogP contribution in [-0.4, -0.2) is 36.8 Å². The van der Waals surface area contributed by atoms with Gasteiger partial charge in [0.25, 0.3) is 0 Å². The first kappa shape index (κ1) is 17.5. The van der Waals surface area contributed by atoms with Crippen LogP contribution in [0.25, 0.3) is 0 Å². The molecule has 0 bridgehead atoms. The van der Waals surface area contributed by atoms with Crippen LogP contribution in [0.5, 0.6) is 0 Å².